The van der Waals surface area contributed by atoms with Crippen LogP contribution in [0.1, 0.15) is 17.5 Å². The van der Waals surface area contributed by atoms with E-state index in [4.69, 9.17) is 5.11 Å². The van der Waals surface area contributed by atoms with Gasteiger partial charge in [-0.25, -0.2) is 0 Å². The first kappa shape index (κ1) is 15.5. The Morgan fingerprint density at radius 2 is 2.05 bits per heavy atom. The van der Waals surface area contributed by atoms with E-state index in [1.54, 1.807) is 12.1 Å². The number of nitrogens with zero attached hydrogens (tertiary/aromatic N) is 1. The molecule has 1 aromatic rings. The minimum Gasteiger partial charge on any atom is -0.395 e. The summed E-state index contributed by atoms with van der Waals surface area (Å²) in [5.74, 6) is 5.65. The lowest BCUT2D eigenvalue weighted by Gasteiger charge is -2.14. The van der Waals surface area contributed by atoms with Gasteiger partial charge in [0.25, 0.3) is 0 Å². The minimum absolute atomic E-state index is 0.0163. The van der Waals surface area contributed by atoms with Crippen molar-refractivity contribution in [2.24, 2.45) is 0 Å². The van der Waals surface area contributed by atoms with Crippen LogP contribution >= 0.6 is 0 Å². The van der Waals surface area contributed by atoms with Crippen LogP contribution < -0.4 is 4.72 Å². The highest BCUT2D eigenvalue weighted by molar-refractivity contribution is 7.90. The first-order chi connectivity index (χ1) is 8.86. The number of nitrogens with one attached hydrogen (secondary N) is 1. The van der Waals surface area contributed by atoms with Gasteiger partial charge < -0.3 is 5.11 Å². The number of rotatable bonds is 4. The van der Waals surface area contributed by atoms with Crippen LogP contribution in [0.5, 0.6) is 0 Å². The van der Waals surface area contributed by atoms with Gasteiger partial charge in [0, 0.05) is 26.1 Å². The molecule has 0 unspecified atom stereocenters. The van der Waals surface area contributed by atoms with E-state index in [-0.39, 0.29) is 6.61 Å². The highest BCUT2D eigenvalue weighted by Gasteiger charge is 2.14. The topological polar surface area (TPSA) is 69.6 Å². The van der Waals surface area contributed by atoms with Crippen molar-refractivity contribution < 1.29 is 13.5 Å². The van der Waals surface area contributed by atoms with Gasteiger partial charge in [-0.1, -0.05) is 17.9 Å². The van der Waals surface area contributed by atoms with Crippen molar-refractivity contribution in [2.45, 2.75) is 13.3 Å². The summed E-state index contributed by atoms with van der Waals surface area (Å²) in [6.07, 6.45) is 0.355. The Kier molecular flexibility index (Phi) is 5.36. The van der Waals surface area contributed by atoms with E-state index in [9.17, 15) is 8.42 Å². The molecule has 1 aromatic carbocycles. The molecule has 0 aromatic heterocycles. The third-order valence-corrected chi connectivity index (χ3v) is 3.79. The van der Waals surface area contributed by atoms with Crippen molar-refractivity contribution in [2.75, 3.05) is 25.4 Å². The zero-order chi connectivity index (χ0) is 14.5. The molecule has 0 fully saturated rings. The second-order valence-corrected chi connectivity index (χ2v) is 6.10. The fourth-order valence-electron chi connectivity index (χ4n) is 1.29. The first-order valence-electron chi connectivity index (χ1n) is 5.77. The molecule has 0 atom stereocenters. The van der Waals surface area contributed by atoms with Gasteiger partial charge in [0.1, 0.15) is 0 Å². The normalized spacial score (nSPS) is 11.0. The van der Waals surface area contributed by atoms with E-state index >= 15 is 0 Å². The lowest BCUT2D eigenvalue weighted by molar-refractivity contribution is 0.305. The smallest absolute Gasteiger partial charge is 0.301 e. The molecule has 0 heterocycles. The quantitative estimate of drug-likeness (QED) is 0.808. The van der Waals surface area contributed by atoms with Gasteiger partial charge in [0.05, 0.1) is 12.3 Å². The van der Waals surface area contributed by atoms with Crippen molar-refractivity contribution >= 4 is 15.9 Å². The average molecular weight is 282 g/mol. The van der Waals surface area contributed by atoms with Crippen LogP contribution in [0.4, 0.5) is 5.69 Å². The second kappa shape index (κ2) is 6.57. The molecule has 0 aliphatic carbocycles. The zero-order valence-electron chi connectivity index (χ0n) is 11.3. The molecule has 0 saturated carbocycles. The van der Waals surface area contributed by atoms with E-state index in [0.717, 1.165) is 9.87 Å². The number of hydrogen-bond acceptors (Lipinski definition) is 3. The van der Waals surface area contributed by atoms with Gasteiger partial charge in [-0.3, -0.25) is 4.72 Å². The number of anilines is 1. The molecule has 0 aliphatic rings. The third-order valence-electron chi connectivity index (χ3n) is 2.35. The number of aliphatic hydroxyl groups excluding tert-OH is 1. The highest BCUT2D eigenvalue weighted by atomic mass is 32.2. The standard InChI is InChI=1S/C13H18N2O3S/c1-11-7-8-13(14-19(17,18)15(2)3)12(10-11)6-4-5-9-16/h7-8,10,14,16H,5,9H2,1-3H3. The summed E-state index contributed by atoms with van der Waals surface area (Å²) >= 11 is 0. The van der Waals surface area contributed by atoms with E-state index in [2.05, 4.69) is 16.6 Å². The second-order valence-electron chi connectivity index (χ2n) is 4.21. The van der Waals surface area contributed by atoms with Crippen LogP contribution in [-0.2, 0) is 10.2 Å². The van der Waals surface area contributed by atoms with Gasteiger partial charge >= 0.3 is 10.2 Å². The van der Waals surface area contributed by atoms with E-state index < -0.39 is 10.2 Å². The summed E-state index contributed by atoms with van der Waals surface area (Å²) in [4.78, 5) is 0. The monoisotopic (exact) mass is 282 g/mol. The Labute approximate surface area is 114 Å². The summed E-state index contributed by atoms with van der Waals surface area (Å²) in [7, 11) is -0.647. The molecule has 0 radical (unpaired) electrons. The molecule has 0 amide bonds. The minimum atomic E-state index is -3.55. The SMILES string of the molecule is Cc1ccc(NS(=O)(=O)N(C)C)c(C#CCCO)c1. The molecule has 0 spiro atoms. The Hall–Kier alpha value is -1.55. The summed E-state index contributed by atoms with van der Waals surface area (Å²) in [5.41, 5.74) is 2.02. The molecule has 19 heavy (non-hydrogen) atoms. The third kappa shape index (κ3) is 4.56. The lowest BCUT2D eigenvalue weighted by Crippen LogP contribution is -2.29. The van der Waals surface area contributed by atoms with Gasteiger partial charge in [-0.15, -0.1) is 0 Å². The highest BCUT2D eigenvalue weighted by Crippen LogP contribution is 2.18. The Bertz CT molecular complexity index is 598. The Morgan fingerprint density at radius 3 is 2.63 bits per heavy atom. The maximum absolute atomic E-state index is 11.8. The molecular weight excluding hydrogens is 264 g/mol. The predicted octanol–water partition coefficient (Wildman–Crippen LogP) is 0.947. The molecule has 6 heteroatoms. The van der Waals surface area contributed by atoms with Crippen LogP contribution in [0.15, 0.2) is 18.2 Å². The maximum Gasteiger partial charge on any atom is 0.301 e. The molecule has 104 valence electrons. The fourth-order valence-corrected chi connectivity index (χ4v) is 1.93. The van der Waals surface area contributed by atoms with Crippen molar-refractivity contribution in [3.63, 3.8) is 0 Å². The van der Waals surface area contributed by atoms with Crippen molar-refractivity contribution in [3.8, 4) is 11.8 Å². The largest absolute Gasteiger partial charge is 0.395 e. The fraction of sp³-hybridized carbons (Fsp3) is 0.385. The molecule has 2 N–H and O–H groups in total. The number of aliphatic hydroxyl groups is 1. The van der Waals surface area contributed by atoms with Crippen LogP contribution in [-0.4, -0.2) is 38.5 Å². The van der Waals surface area contributed by atoms with Gasteiger partial charge in [0.15, 0.2) is 0 Å². The Morgan fingerprint density at radius 1 is 1.37 bits per heavy atom. The van der Waals surface area contributed by atoms with Crippen molar-refractivity contribution in [1.29, 1.82) is 0 Å². The Balaban J connectivity index is 3.12. The van der Waals surface area contributed by atoms with E-state index in [1.807, 2.05) is 13.0 Å². The first-order valence-corrected chi connectivity index (χ1v) is 7.21. The number of hydrogen-bond donors (Lipinski definition) is 2. The van der Waals surface area contributed by atoms with Crippen LogP contribution in [0.2, 0.25) is 0 Å². The van der Waals surface area contributed by atoms with Crippen LogP contribution in [0.3, 0.4) is 0 Å². The molecular formula is C13H18N2O3S. The van der Waals surface area contributed by atoms with Gasteiger partial charge in [-0.05, 0) is 24.6 Å². The molecule has 0 saturated heterocycles. The van der Waals surface area contributed by atoms with E-state index in [1.165, 1.54) is 14.1 Å². The summed E-state index contributed by atoms with van der Waals surface area (Å²) in [5, 5.41) is 8.71. The number of benzene rings is 1. The molecule has 1 rings (SSSR count). The maximum atomic E-state index is 11.8. The van der Waals surface area contributed by atoms with Crippen LogP contribution in [0, 0.1) is 18.8 Å². The summed E-state index contributed by atoms with van der Waals surface area (Å²) in [6.45, 7) is 1.89. The average Bonchev–Trinajstić information content (AvgIpc) is 2.32. The van der Waals surface area contributed by atoms with Crippen molar-refractivity contribution in [1.82, 2.24) is 4.31 Å². The summed E-state index contributed by atoms with van der Waals surface area (Å²) in [6, 6.07) is 5.29. The molecule has 5 nitrogen and oxygen atoms in total. The van der Waals surface area contributed by atoms with Crippen molar-refractivity contribution in [3.05, 3.63) is 29.3 Å². The summed E-state index contributed by atoms with van der Waals surface area (Å²) < 4.78 is 27.2. The zero-order valence-corrected chi connectivity index (χ0v) is 12.1. The lowest BCUT2D eigenvalue weighted by atomic mass is 10.1. The van der Waals surface area contributed by atoms with Gasteiger partial charge in [-0.2, -0.15) is 12.7 Å². The predicted molar refractivity (Wildman–Crippen MR) is 76.0 cm³/mol. The molecule has 0 bridgehead atoms. The van der Waals surface area contributed by atoms with E-state index in [0.29, 0.717) is 17.7 Å². The van der Waals surface area contributed by atoms with Crippen LogP contribution in [0.25, 0.3) is 0 Å². The van der Waals surface area contributed by atoms with Gasteiger partial charge in [0.2, 0.25) is 0 Å². The number of aryl methyl sites for hydroxylation is 1. The molecule has 0 aliphatic heterocycles.